The molecule has 0 saturated carbocycles. The molecule has 256 valence electrons. The first-order valence-electron chi connectivity index (χ1n) is 14.3. The van der Waals surface area contributed by atoms with Gasteiger partial charge in [-0.05, 0) is 36.8 Å². The van der Waals surface area contributed by atoms with E-state index < -0.39 is 59.7 Å². The van der Waals surface area contributed by atoms with Crippen LogP contribution in [-0.2, 0) is 33.8 Å². The molecule has 0 aliphatic carbocycles. The lowest BCUT2D eigenvalue weighted by Gasteiger charge is -2.17. The van der Waals surface area contributed by atoms with Crippen LogP contribution in [0.5, 0.6) is 0 Å². The molecule has 0 aromatic heterocycles. The van der Waals surface area contributed by atoms with Crippen LogP contribution in [-0.4, -0.2) is 56.9 Å². The van der Waals surface area contributed by atoms with Gasteiger partial charge in [-0.3, -0.25) is 9.59 Å². The van der Waals surface area contributed by atoms with Crippen molar-refractivity contribution < 1.29 is 56.4 Å². The minimum atomic E-state index is -4.57. The summed E-state index contributed by atoms with van der Waals surface area (Å²) in [6.07, 6.45) is -0.551. The fraction of sp³-hybridized carbons (Fsp3) is 0.438. The number of rotatable bonds is 14. The Kier molecular flexibility index (Phi) is 11.7. The van der Waals surface area contributed by atoms with Gasteiger partial charge in [0.25, 0.3) is 0 Å². The van der Waals surface area contributed by atoms with Gasteiger partial charge in [-0.15, -0.1) is 45.1 Å². The molecule has 10 nitrogen and oxygen atoms in total. The third-order valence-electron chi connectivity index (χ3n) is 7.80. The zero-order valence-corrected chi connectivity index (χ0v) is 25.0. The smallest absolute Gasteiger partial charge is 0.442 e. The monoisotopic (exact) mass is 680 g/mol. The highest BCUT2D eigenvalue weighted by Crippen LogP contribution is 2.53. The van der Waals surface area contributed by atoms with Gasteiger partial charge in [0.1, 0.15) is 0 Å². The van der Waals surface area contributed by atoms with Crippen molar-refractivity contribution in [3.8, 4) is 24.7 Å². The summed E-state index contributed by atoms with van der Waals surface area (Å²) in [6.45, 7) is 0. The summed E-state index contributed by atoms with van der Waals surface area (Å²) in [5, 5.41) is 50.3. The number of aliphatic hydroxyl groups excluding tert-OH is 2. The van der Waals surface area contributed by atoms with Crippen LogP contribution in [0.25, 0.3) is 0 Å². The maximum absolute atomic E-state index is 12.9. The van der Waals surface area contributed by atoms with Crippen LogP contribution in [0.3, 0.4) is 0 Å². The average molecular weight is 681 g/mol. The lowest BCUT2D eigenvalue weighted by molar-refractivity contribution is -0.166. The number of carboxylic acids is 2. The van der Waals surface area contributed by atoms with Crippen molar-refractivity contribution in [3.05, 3.63) is 70.8 Å². The highest BCUT2D eigenvalue weighted by Gasteiger charge is 2.65. The van der Waals surface area contributed by atoms with E-state index in [0.29, 0.717) is 24.0 Å². The van der Waals surface area contributed by atoms with E-state index in [-0.39, 0.29) is 36.8 Å². The Balaban J connectivity index is 0.000000260. The third-order valence-corrected chi connectivity index (χ3v) is 7.80. The molecule has 4 rings (SSSR count). The number of aliphatic carboxylic acids is 2. The first kappa shape index (κ1) is 37.7. The molecule has 2 heterocycles. The van der Waals surface area contributed by atoms with Crippen LogP contribution in [0, 0.1) is 36.5 Å². The molecule has 0 spiro atoms. The molecule has 2 aromatic carbocycles. The molecule has 0 fully saturated rings. The highest BCUT2D eigenvalue weighted by molar-refractivity contribution is 5.71. The highest BCUT2D eigenvalue weighted by atomic mass is 19.4. The molecule has 2 aliphatic heterocycles. The maximum atomic E-state index is 12.9. The maximum Gasteiger partial charge on any atom is 0.442 e. The number of hydrogen-bond acceptors (Lipinski definition) is 8. The Morgan fingerprint density at radius 1 is 0.646 bits per heavy atom. The van der Waals surface area contributed by atoms with Crippen molar-refractivity contribution in [2.75, 3.05) is 0 Å². The molecule has 48 heavy (non-hydrogen) atoms. The van der Waals surface area contributed by atoms with E-state index in [0.717, 1.165) is 0 Å². The van der Waals surface area contributed by atoms with Gasteiger partial charge in [0, 0.05) is 24.0 Å². The lowest BCUT2D eigenvalue weighted by Crippen LogP contribution is -2.30. The number of nitrogens with zero attached hydrogens (tertiary/aromatic N) is 4. The molecule has 0 bridgehead atoms. The number of carbonyl (C=O) groups is 2. The van der Waals surface area contributed by atoms with Crippen LogP contribution >= 0.6 is 0 Å². The van der Waals surface area contributed by atoms with Gasteiger partial charge < -0.3 is 20.4 Å². The average Bonchev–Trinajstić information content (AvgIpc) is 3.94. The summed E-state index contributed by atoms with van der Waals surface area (Å²) in [5.74, 6) is -0.0773. The molecule has 16 heteroatoms. The van der Waals surface area contributed by atoms with E-state index in [9.17, 15) is 46.1 Å². The minimum absolute atomic E-state index is 0.0740. The molecular formula is C32H30F6N4O6. The van der Waals surface area contributed by atoms with Gasteiger partial charge in [-0.1, -0.05) is 48.5 Å². The number of aryl methyl sites for hydroxylation is 2. The number of carboxylic acid groups (broad SMARTS) is 2. The quantitative estimate of drug-likeness (QED) is 0.146. The summed E-state index contributed by atoms with van der Waals surface area (Å²) in [5.41, 5.74) is -3.72. The van der Waals surface area contributed by atoms with E-state index >= 15 is 0 Å². The number of benzene rings is 2. The summed E-state index contributed by atoms with van der Waals surface area (Å²) in [6, 6.07) is 11.1. The van der Waals surface area contributed by atoms with Crippen molar-refractivity contribution in [2.24, 2.45) is 32.3 Å². The standard InChI is InChI=1S/2C16H15F3N2O3/c2*1-2-3-12(14(23)24)13(22)9-6-10-4-7-11(8-5-10)15(20-21-15)16(17,18)19/h2*1,4-5,7-8,12-13,22H,3,6,9H2,(H,23,24)/t12-,13+;12-,13-/m11/s1. The van der Waals surface area contributed by atoms with Gasteiger partial charge in [-0.25, -0.2) is 0 Å². The number of hydrogen-bond donors (Lipinski definition) is 4. The van der Waals surface area contributed by atoms with Crippen LogP contribution in [0.2, 0.25) is 0 Å². The second-order valence-corrected chi connectivity index (χ2v) is 11.1. The van der Waals surface area contributed by atoms with Gasteiger partial charge in [0.2, 0.25) is 0 Å². The van der Waals surface area contributed by atoms with Crippen molar-refractivity contribution >= 4 is 11.9 Å². The summed E-state index contributed by atoms with van der Waals surface area (Å²) >= 11 is 0. The van der Waals surface area contributed by atoms with Crippen molar-refractivity contribution in [3.63, 3.8) is 0 Å². The van der Waals surface area contributed by atoms with Gasteiger partial charge in [0.05, 0.1) is 24.0 Å². The molecule has 0 saturated heterocycles. The van der Waals surface area contributed by atoms with E-state index in [1.165, 1.54) is 48.5 Å². The zero-order chi connectivity index (χ0) is 35.9. The zero-order valence-electron chi connectivity index (χ0n) is 25.0. The second kappa shape index (κ2) is 15.0. The summed E-state index contributed by atoms with van der Waals surface area (Å²) in [7, 11) is 0. The fourth-order valence-electron chi connectivity index (χ4n) is 4.75. The fourth-order valence-corrected chi connectivity index (χ4v) is 4.75. The molecule has 4 N–H and O–H groups in total. The van der Waals surface area contributed by atoms with Gasteiger partial charge in [0.15, 0.2) is 0 Å². The van der Waals surface area contributed by atoms with Crippen LogP contribution < -0.4 is 0 Å². The predicted molar refractivity (Wildman–Crippen MR) is 156 cm³/mol. The SMILES string of the molecule is C#CC[C@@H](C(=O)O)[C@@H](O)CCc1ccc(C2(C(F)(F)F)N=N2)cc1.C#CC[C@@H](C(=O)O)[C@H](O)CCc1ccc(C2(C(F)(F)F)N=N2)cc1. The Bertz CT molecular complexity index is 1460. The topological polar surface area (TPSA) is 164 Å². The van der Waals surface area contributed by atoms with E-state index in [1.807, 2.05) is 0 Å². The molecule has 0 amide bonds. The van der Waals surface area contributed by atoms with Crippen molar-refractivity contribution in [1.29, 1.82) is 0 Å². The minimum Gasteiger partial charge on any atom is -0.481 e. The molecule has 4 atom stereocenters. The molecule has 2 aliphatic rings. The van der Waals surface area contributed by atoms with E-state index in [1.54, 1.807) is 0 Å². The number of alkyl halides is 6. The van der Waals surface area contributed by atoms with Crippen molar-refractivity contribution in [2.45, 2.75) is 74.4 Å². The number of aliphatic hydroxyl groups is 2. The lowest BCUT2D eigenvalue weighted by atomic mass is 9.93. The molecule has 2 aromatic rings. The Morgan fingerprint density at radius 2 is 0.938 bits per heavy atom. The molecule has 0 radical (unpaired) electrons. The third kappa shape index (κ3) is 8.76. The predicted octanol–water partition coefficient (Wildman–Crippen LogP) is 5.77. The van der Waals surface area contributed by atoms with Crippen LogP contribution in [0.1, 0.15) is 47.9 Å². The first-order valence-corrected chi connectivity index (χ1v) is 14.3. The Labute approximate surface area is 270 Å². The Hall–Kier alpha value is -4.80. The molecule has 0 unspecified atom stereocenters. The molecular weight excluding hydrogens is 650 g/mol. The first-order chi connectivity index (χ1) is 22.4. The Morgan fingerprint density at radius 3 is 1.15 bits per heavy atom. The number of terminal acetylenes is 2. The summed E-state index contributed by atoms with van der Waals surface area (Å²) in [4.78, 5) is 22.0. The van der Waals surface area contributed by atoms with Crippen LogP contribution in [0.4, 0.5) is 26.3 Å². The summed E-state index contributed by atoms with van der Waals surface area (Å²) < 4.78 is 77.3. The number of halogens is 6. The van der Waals surface area contributed by atoms with E-state index in [2.05, 4.69) is 32.3 Å². The van der Waals surface area contributed by atoms with Crippen LogP contribution in [0.15, 0.2) is 69.0 Å². The normalized spacial score (nSPS) is 17.8. The van der Waals surface area contributed by atoms with Gasteiger partial charge >= 0.3 is 35.6 Å². The second-order valence-electron chi connectivity index (χ2n) is 11.1. The van der Waals surface area contributed by atoms with Crippen molar-refractivity contribution in [1.82, 2.24) is 0 Å². The largest absolute Gasteiger partial charge is 0.481 e. The van der Waals surface area contributed by atoms with Gasteiger partial charge in [-0.2, -0.15) is 26.3 Å². The van der Waals surface area contributed by atoms with E-state index in [4.69, 9.17) is 23.1 Å².